The van der Waals surface area contributed by atoms with Gasteiger partial charge in [0.15, 0.2) is 5.17 Å². The number of amides is 2. The summed E-state index contributed by atoms with van der Waals surface area (Å²) in [5.41, 5.74) is 2.02. The van der Waals surface area contributed by atoms with Gasteiger partial charge in [0.25, 0.3) is 10.0 Å². The van der Waals surface area contributed by atoms with E-state index in [-0.39, 0.29) is 21.7 Å². The van der Waals surface area contributed by atoms with Crippen molar-refractivity contribution in [1.82, 2.24) is 0 Å². The van der Waals surface area contributed by atoms with Crippen molar-refractivity contribution in [2.45, 2.75) is 22.8 Å². The van der Waals surface area contributed by atoms with Crippen LogP contribution in [0.2, 0.25) is 4.34 Å². The molecule has 2 aromatic carbocycles. The van der Waals surface area contributed by atoms with E-state index < -0.39 is 21.2 Å². The number of nitrogens with one attached hydrogen (secondary N) is 1. The quantitative estimate of drug-likeness (QED) is 0.498. The Labute approximate surface area is 204 Å². The summed E-state index contributed by atoms with van der Waals surface area (Å²) in [7, 11) is -4.09. The zero-order valence-electron chi connectivity index (χ0n) is 17.3. The van der Waals surface area contributed by atoms with E-state index >= 15 is 0 Å². The van der Waals surface area contributed by atoms with E-state index in [1.165, 1.54) is 17.0 Å². The summed E-state index contributed by atoms with van der Waals surface area (Å²) in [6.45, 7) is 1.87. The van der Waals surface area contributed by atoms with E-state index in [1.807, 2.05) is 25.1 Å². The zero-order valence-corrected chi connectivity index (χ0v) is 20.5. The number of thiophene rings is 1. The molecule has 1 aliphatic heterocycles. The molecule has 1 atom stereocenters. The Morgan fingerprint density at radius 1 is 1.09 bits per heavy atom. The van der Waals surface area contributed by atoms with Crippen LogP contribution >= 0.6 is 34.7 Å². The number of nitrogens with zero attached hydrogens (tertiary/aromatic N) is 2. The molecule has 1 saturated heterocycles. The van der Waals surface area contributed by atoms with Gasteiger partial charge in [-0.1, -0.05) is 59.8 Å². The fourth-order valence-electron chi connectivity index (χ4n) is 3.14. The lowest BCUT2D eigenvalue weighted by molar-refractivity contribution is -0.121. The minimum Gasteiger partial charge on any atom is -0.326 e. The third-order valence-electron chi connectivity index (χ3n) is 4.74. The number of hydrogen-bond acceptors (Lipinski definition) is 6. The number of amidine groups is 1. The van der Waals surface area contributed by atoms with Crippen LogP contribution in [0.1, 0.15) is 12.0 Å². The average molecular weight is 520 g/mol. The highest BCUT2D eigenvalue weighted by molar-refractivity contribution is 8.16. The molecule has 0 radical (unpaired) electrons. The highest BCUT2D eigenvalue weighted by atomic mass is 35.5. The van der Waals surface area contributed by atoms with Gasteiger partial charge in [0.1, 0.15) is 9.46 Å². The van der Waals surface area contributed by atoms with Gasteiger partial charge in [0.2, 0.25) is 11.8 Å². The van der Waals surface area contributed by atoms with E-state index in [4.69, 9.17) is 11.6 Å². The fourth-order valence-corrected chi connectivity index (χ4v) is 6.94. The van der Waals surface area contributed by atoms with Crippen LogP contribution in [-0.2, 0) is 19.6 Å². The standard InChI is InChI=1S/C22H18ClN3O4S3/c1-14-7-5-6-10-16(14)24-19(27)13-17-21(28)26(15-8-3-2-4-9-15)22(31-17)25-33(29,30)20-12-11-18(23)32-20/h2-12,17H,13H2,1H3,(H,24,27)/t17-/m0/s1. The number of benzene rings is 2. The average Bonchev–Trinajstić information content (AvgIpc) is 3.34. The second kappa shape index (κ2) is 9.68. The normalized spacial score (nSPS) is 17.5. The first-order chi connectivity index (χ1) is 15.7. The van der Waals surface area contributed by atoms with Crippen LogP contribution in [0.25, 0.3) is 0 Å². The lowest BCUT2D eigenvalue weighted by Crippen LogP contribution is -2.33. The van der Waals surface area contributed by atoms with Gasteiger partial charge in [-0.05, 0) is 42.8 Å². The lowest BCUT2D eigenvalue weighted by atomic mass is 10.2. The molecule has 1 aliphatic rings. The molecule has 0 saturated carbocycles. The number of halogens is 1. The van der Waals surface area contributed by atoms with Crippen LogP contribution in [0.5, 0.6) is 0 Å². The van der Waals surface area contributed by atoms with Crippen molar-refractivity contribution in [1.29, 1.82) is 0 Å². The van der Waals surface area contributed by atoms with E-state index in [0.717, 1.165) is 28.7 Å². The summed E-state index contributed by atoms with van der Waals surface area (Å²) in [5, 5.41) is 1.98. The maximum absolute atomic E-state index is 13.2. The van der Waals surface area contributed by atoms with E-state index in [1.54, 1.807) is 36.4 Å². The number of rotatable bonds is 6. The summed E-state index contributed by atoms with van der Waals surface area (Å²) in [4.78, 5) is 27.1. The fraction of sp³-hybridized carbons (Fsp3) is 0.136. The number of sulfonamides is 1. The molecule has 1 fully saturated rings. The van der Waals surface area contributed by atoms with Crippen LogP contribution in [0, 0.1) is 6.92 Å². The van der Waals surface area contributed by atoms with Gasteiger partial charge in [0, 0.05) is 12.1 Å². The Morgan fingerprint density at radius 2 is 1.79 bits per heavy atom. The van der Waals surface area contributed by atoms with Gasteiger partial charge >= 0.3 is 0 Å². The first-order valence-electron chi connectivity index (χ1n) is 9.76. The second-order valence-electron chi connectivity index (χ2n) is 7.09. The summed E-state index contributed by atoms with van der Waals surface area (Å²) in [6.07, 6.45) is -0.134. The van der Waals surface area contributed by atoms with Crippen molar-refractivity contribution >= 4 is 73.1 Å². The van der Waals surface area contributed by atoms with E-state index in [2.05, 4.69) is 9.71 Å². The maximum Gasteiger partial charge on any atom is 0.294 e. The van der Waals surface area contributed by atoms with E-state index in [0.29, 0.717) is 15.7 Å². The zero-order chi connectivity index (χ0) is 23.6. The molecule has 0 unspecified atom stereocenters. The number of anilines is 2. The van der Waals surface area contributed by atoms with Gasteiger partial charge in [0.05, 0.1) is 10.0 Å². The molecular weight excluding hydrogens is 502 g/mol. The predicted octanol–water partition coefficient (Wildman–Crippen LogP) is 4.93. The molecule has 0 bridgehead atoms. The Kier molecular flexibility index (Phi) is 6.89. The molecule has 1 aromatic heterocycles. The van der Waals surface area contributed by atoms with Crippen molar-refractivity contribution in [3.05, 3.63) is 76.6 Å². The Bertz CT molecular complexity index is 1340. The Balaban J connectivity index is 1.62. The summed E-state index contributed by atoms with van der Waals surface area (Å²) in [6, 6.07) is 18.8. The largest absolute Gasteiger partial charge is 0.326 e. The molecule has 2 heterocycles. The lowest BCUT2D eigenvalue weighted by Gasteiger charge is -2.16. The number of thioether (sulfide) groups is 1. The molecule has 2 amide bonds. The Hall–Kier alpha value is -2.66. The van der Waals surface area contributed by atoms with Gasteiger partial charge in [-0.2, -0.15) is 8.42 Å². The molecule has 3 aromatic rings. The first-order valence-corrected chi connectivity index (χ1v) is 13.3. The number of carbonyl (C=O) groups excluding carboxylic acids is 2. The number of aryl methyl sites for hydroxylation is 1. The van der Waals surface area contributed by atoms with Crippen molar-refractivity contribution in [2.24, 2.45) is 4.40 Å². The number of para-hydroxylation sites is 2. The van der Waals surface area contributed by atoms with Crippen LogP contribution in [0.3, 0.4) is 0 Å². The molecule has 7 nitrogen and oxygen atoms in total. The van der Waals surface area contributed by atoms with Gasteiger partial charge in [-0.15, -0.1) is 15.7 Å². The first kappa shape index (κ1) is 23.5. The molecule has 0 aliphatic carbocycles. The number of hydrogen-bond donors (Lipinski definition) is 1. The second-order valence-corrected chi connectivity index (χ2v) is 11.8. The molecule has 0 spiro atoms. The molecule has 170 valence electrons. The molecular formula is C22H18ClN3O4S3. The van der Waals surface area contributed by atoms with Crippen LogP contribution in [0.15, 0.2) is 75.3 Å². The van der Waals surface area contributed by atoms with Crippen molar-refractivity contribution in [3.63, 3.8) is 0 Å². The predicted molar refractivity (Wildman–Crippen MR) is 134 cm³/mol. The molecule has 4 rings (SSSR count). The summed E-state index contributed by atoms with van der Waals surface area (Å²) >= 11 is 7.71. The topological polar surface area (TPSA) is 95.9 Å². The molecule has 11 heteroatoms. The van der Waals surface area contributed by atoms with Crippen LogP contribution in [0.4, 0.5) is 11.4 Å². The molecule has 1 N–H and O–H groups in total. The minimum absolute atomic E-state index is 0.00980. The SMILES string of the molecule is Cc1ccccc1NC(=O)C[C@@H]1SC(=NS(=O)(=O)c2ccc(Cl)s2)N(c2ccccc2)C1=O. The monoisotopic (exact) mass is 519 g/mol. The van der Waals surface area contributed by atoms with Crippen molar-refractivity contribution in [3.8, 4) is 0 Å². The van der Waals surface area contributed by atoms with Crippen LogP contribution in [-0.4, -0.2) is 30.6 Å². The third-order valence-corrected chi connectivity index (χ3v) is 8.96. The van der Waals surface area contributed by atoms with Crippen molar-refractivity contribution in [2.75, 3.05) is 10.2 Å². The highest BCUT2D eigenvalue weighted by Gasteiger charge is 2.41. The van der Waals surface area contributed by atoms with Crippen molar-refractivity contribution < 1.29 is 18.0 Å². The summed E-state index contributed by atoms with van der Waals surface area (Å²) < 4.78 is 29.9. The summed E-state index contributed by atoms with van der Waals surface area (Å²) in [5.74, 6) is -0.762. The Morgan fingerprint density at radius 3 is 2.45 bits per heavy atom. The van der Waals surface area contributed by atoms with Gasteiger partial charge in [-0.3, -0.25) is 14.5 Å². The maximum atomic E-state index is 13.2. The number of carbonyl (C=O) groups is 2. The van der Waals surface area contributed by atoms with Gasteiger partial charge < -0.3 is 5.32 Å². The minimum atomic E-state index is -4.09. The third kappa shape index (κ3) is 5.30. The molecule has 33 heavy (non-hydrogen) atoms. The van der Waals surface area contributed by atoms with Crippen LogP contribution < -0.4 is 10.2 Å². The smallest absolute Gasteiger partial charge is 0.294 e. The van der Waals surface area contributed by atoms with Gasteiger partial charge in [-0.25, -0.2) is 0 Å². The highest BCUT2D eigenvalue weighted by Crippen LogP contribution is 2.36. The van der Waals surface area contributed by atoms with E-state index in [9.17, 15) is 18.0 Å².